The molecule has 1 aromatic rings. The largest absolute Gasteiger partial charge is 0.465 e. The van der Waals surface area contributed by atoms with E-state index in [2.05, 4.69) is 10.1 Å². The minimum atomic E-state index is -0.460. The molecule has 18 heavy (non-hydrogen) atoms. The van der Waals surface area contributed by atoms with Crippen LogP contribution in [0.4, 0.5) is 5.69 Å². The third kappa shape index (κ3) is 2.07. The Morgan fingerprint density at radius 2 is 2.06 bits per heavy atom. The Bertz CT molecular complexity index is 560. The number of carbonyl (C=O) groups excluding carboxylic acids is 2. The van der Waals surface area contributed by atoms with Gasteiger partial charge in [0.1, 0.15) is 5.76 Å². The van der Waals surface area contributed by atoms with Gasteiger partial charge >= 0.3 is 5.97 Å². The molecule has 0 spiro atoms. The number of amides is 1. The number of nitrogens with one attached hydrogen (secondary N) is 1. The van der Waals surface area contributed by atoms with Crippen LogP contribution in [0, 0.1) is 0 Å². The van der Waals surface area contributed by atoms with E-state index in [0.29, 0.717) is 28.3 Å². The van der Waals surface area contributed by atoms with Gasteiger partial charge in [0.15, 0.2) is 5.75 Å². The molecule has 0 bridgehead atoms. The number of carbonyl (C=O) groups is 2. The summed E-state index contributed by atoms with van der Waals surface area (Å²) in [6, 6.07) is 4.75. The van der Waals surface area contributed by atoms with Crippen molar-refractivity contribution in [2.45, 2.75) is 13.8 Å². The highest BCUT2D eigenvalue weighted by atomic mass is 16.5. The first-order chi connectivity index (χ1) is 8.52. The van der Waals surface area contributed by atoms with Crippen molar-refractivity contribution in [3.05, 3.63) is 35.1 Å². The Balaban J connectivity index is 2.44. The van der Waals surface area contributed by atoms with E-state index in [1.54, 1.807) is 26.0 Å². The van der Waals surface area contributed by atoms with Crippen molar-refractivity contribution in [3.63, 3.8) is 0 Å². The summed E-state index contributed by atoms with van der Waals surface area (Å²) in [5.41, 5.74) is 1.32. The van der Waals surface area contributed by atoms with Gasteiger partial charge in [0, 0.05) is 0 Å². The van der Waals surface area contributed by atoms with E-state index in [-0.39, 0.29) is 5.91 Å². The first-order valence-electron chi connectivity index (χ1n) is 5.42. The summed E-state index contributed by atoms with van der Waals surface area (Å²) < 4.78 is 10.2. The van der Waals surface area contributed by atoms with Gasteiger partial charge in [-0.15, -0.1) is 0 Å². The second kappa shape index (κ2) is 4.52. The normalized spacial score (nSPS) is 14.3. The molecule has 2 rings (SSSR count). The van der Waals surface area contributed by atoms with E-state index in [4.69, 9.17) is 4.74 Å². The van der Waals surface area contributed by atoms with E-state index in [0.717, 1.165) is 0 Å². The molecule has 94 valence electrons. The quantitative estimate of drug-likeness (QED) is 0.772. The Hall–Kier alpha value is -2.30. The smallest absolute Gasteiger partial charge is 0.337 e. The molecular weight excluding hydrogens is 234 g/mol. The number of allylic oxidation sites excluding steroid dienone is 1. The molecule has 1 N–H and O–H groups in total. The predicted molar refractivity (Wildman–Crippen MR) is 65.4 cm³/mol. The summed E-state index contributed by atoms with van der Waals surface area (Å²) in [6.45, 7) is 3.40. The first-order valence-corrected chi connectivity index (χ1v) is 5.42. The second-order valence-corrected chi connectivity index (χ2v) is 3.94. The summed E-state index contributed by atoms with van der Waals surface area (Å²) >= 11 is 0. The number of anilines is 1. The van der Waals surface area contributed by atoms with Crippen LogP contribution in [0.15, 0.2) is 29.5 Å². The van der Waals surface area contributed by atoms with Crippen LogP contribution >= 0.6 is 0 Å². The van der Waals surface area contributed by atoms with Gasteiger partial charge in [-0.1, -0.05) is 0 Å². The Labute approximate surface area is 104 Å². The zero-order valence-electron chi connectivity index (χ0n) is 10.4. The standard InChI is InChI=1S/C13H13NO4/c1-7-8(2)18-11-5-4-9(13(16)17-3)6-10(11)14-12(7)15/h4-6H,1-3H3,(H,14,15). The maximum atomic E-state index is 11.8. The molecule has 0 aromatic heterocycles. The van der Waals surface area contributed by atoms with Crippen molar-refractivity contribution < 1.29 is 19.1 Å². The van der Waals surface area contributed by atoms with Gasteiger partial charge in [0.2, 0.25) is 0 Å². The fourth-order valence-corrected chi connectivity index (χ4v) is 1.58. The summed E-state index contributed by atoms with van der Waals surface area (Å²) in [7, 11) is 1.30. The number of hydrogen-bond donors (Lipinski definition) is 1. The molecule has 0 fully saturated rings. The maximum Gasteiger partial charge on any atom is 0.337 e. The molecule has 1 heterocycles. The summed E-state index contributed by atoms with van der Waals surface area (Å²) in [5.74, 6) is 0.341. The van der Waals surface area contributed by atoms with Crippen LogP contribution in [0.3, 0.4) is 0 Å². The molecule has 1 aromatic carbocycles. The van der Waals surface area contributed by atoms with Gasteiger partial charge in [-0.25, -0.2) is 4.79 Å². The SMILES string of the molecule is COC(=O)c1ccc2c(c1)NC(=O)C(C)=C(C)O2. The van der Waals surface area contributed by atoms with Crippen LogP contribution in [0.2, 0.25) is 0 Å². The van der Waals surface area contributed by atoms with Crippen LogP contribution in [-0.4, -0.2) is 19.0 Å². The van der Waals surface area contributed by atoms with Crippen molar-refractivity contribution in [2.75, 3.05) is 12.4 Å². The highest BCUT2D eigenvalue weighted by Gasteiger charge is 2.19. The molecular formula is C13H13NO4. The zero-order chi connectivity index (χ0) is 13.3. The number of esters is 1. The first kappa shape index (κ1) is 12.2. The molecule has 1 aliphatic heterocycles. The predicted octanol–water partition coefficient (Wildman–Crippen LogP) is 2.10. The Morgan fingerprint density at radius 1 is 1.33 bits per heavy atom. The summed E-state index contributed by atoms with van der Waals surface area (Å²) in [5, 5.41) is 2.69. The van der Waals surface area contributed by atoms with Crippen LogP contribution in [0.1, 0.15) is 24.2 Å². The van der Waals surface area contributed by atoms with Crippen LogP contribution in [0.25, 0.3) is 0 Å². The number of benzene rings is 1. The van der Waals surface area contributed by atoms with Gasteiger partial charge in [0.25, 0.3) is 5.91 Å². The van der Waals surface area contributed by atoms with Gasteiger partial charge in [-0.3, -0.25) is 4.79 Å². The lowest BCUT2D eigenvalue weighted by Gasteiger charge is -2.09. The highest BCUT2D eigenvalue weighted by Crippen LogP contribution is 2.31. The number of hydrogen-bond acceptors (Lipinski definition) is 4. The average Bonchev–Trinajstić information content (AvgIpc) is 2.47. The minimum Gasteiger partial charge on any atom is -0.465 e. The number of methoxy groups -OCH3 is 1. The molecule has 0 saturated heterocycles. The van der Waals surface area contributed by atoms with Gasteiger partial charge in [-0.2, -0.15) is 0 Å². The van der Waals surface area contributed by atoms with E-state index >= 15 is 0 Å². The van der Waals surface area contributed by atoms with Crippen molar-refractivity contribution in [1.82, 2.24) is 0 Å². The molecule has 1 aliphatic rings. The molecule has 0 radical (unpaired) electrons. The van der Waals surface area contributed by atoms with E-state index in [1.807, 2.05) is 0 Å². The third-order valence-electron chi connectivity index (χ3n) is 2.78. The van der Waals surface area contributed by atoms with Gasteiger partial charge in [0.05, 0.1) is 23.9 Å². The lowest BCUT2D eigenvalue weighted by atomic mass is 10.2. The Kier molecular flexibility index (Phi) is 3.06. The maximum absolute atomic E-state index is 11.8. The number of fused-ring (bicyclic) bond motifs is 1. The molecule has 0 atom stereocenters. The van der Waals surface area contributed by atoms with Crippen LogP contribution < -0.4 is 10.1 Å². The molecule has 1 amide bonds. The van der Waals surface area contributed by atoms with Gasteiger partial charge in [-0.05, 0) is 32.0 Å². The molecule has 0 unspecified atom stereocenters. The number of ether oxygens (including phenoxy) is 2. The monoisotopic (exact) mass is 247 g/mol. The van der Waals surface area contributed by atoms with Crippen molar-refractivity contribution >= 4 is 17.6 Å². The lowest BCUT2D eigenvalue weighted by Crippen LogP contribution is -2.12. The van der Waals surface area contributed by atoms with Crippen LogP contribution in [-0.2, 0) is 9.53 Å². The van der Waals surface area contributed by atoms with Crippen molar-refractivity contribution in [2.24, 2.45) is 0 Å². The van der Waals surface area contributed by atoms with Gasteiger partial charge < -0.3 is 14.8 Å². The van der Waals surface area contributed by atoms with Crippen molar-refractivity contribution in [3.8, 4) is 5.75 Å². The van der Waals surface area contributed by atoms with Crippen LogP contribution in [0.5, 0.6) is 5.75 Å². The molecule has 0 aliphatic carbocycles. The molecule has 5 nitrogen and oxygen atoms in total. The van der Waals surface area contributed by atoms with E-state index in [1.165, 1.54) is 13.2 Å². The number of rotatable bonds is 1. The Morgan fingerprint density at radius 3 is 2.72 bits per heavy atom. The second-order valence-electron chi connectivity index (χ2n) is 3.94. The average molecular weight is 247 g/mol. The third-order valence-corrected chi connectivity index (χ3v) is 2.78. The fraction of sp³-hybridized carbons (Fsp3) is 0.231. The van der Waals surface area contributed by atoms with E-state index in [9.17, 15) is 9.59 Å². The summed E-state index contributed by atoms with van der Waals surface area (Å²) in [6.07, 6.45) is 0. The highest BCUT2D eigenvalue weighted by molar-refractivity contribution is 6.06. The van der Waals surface area contributed by atoms with E-state index < -0.39 is 5.97 Å². The minimum absolute atomic E-state index is 0.242. The molecule has 0 saturated carbocycles. The molecule has 5 heteroatoms. The zero-order valence-corrected chi connectivity index (χ0v) is 10.4. The van der Waals surface area contributed by atoms with Crippen molar-refractivity contribution in [1.29, 1.82) is 0 Å². The topological polar surface area (TPSA) is 64.6 Å². The summed E-state index contributed by atoms with van der Waals surface area (Å²) in [4.78, 5) is 23.2. The fourth-order valence-electron chi connectivity index (χ4n) is 1.58. The lowest BCUT2D eigenvalue weighted by molar-refractivity contribution is -0.112.